The smallest absolute Gasteiger partial charge is 0.268 e. The number of fused-ring (bicyclic) bond motifs is 2. The molecule has 2 fully saturated rings. The first-order valence-electron chi connectivity index (χ1n) is 10.6. The van der Waals surface area contributed by atoms with E-state index in [1.165, 1.54) is 5.56 Å². The van der Waals surface area contributed by atoms with E-state index in [0.29, 0.717) is 18.1 Å². The largest absolute Gasteiger partial charge is 0.315 e. The van der Waals surface area contributed by atoms with Gasteiger partial charge in [-0.25, -0.2) is 0 Å². The molecule has 0 bridgehead atoms. The molecular formula is C24H25ClN2O2S. The van der Waals surface area contributed by atoms with Gasteiger partial charge in [-0.2, -0.15) is 0 Å². The van der Waals surface area contributed by atoms with Crippen LogP contribution in [0.2, 0.25) is 5.02 Å². The second-order valence-corrected chi connectivity index (χ2v) is 10.2. The van der Waals surface area contributed by atoms with Crippen molar-refractivity contribution in [3.63, 3.8) is 0 Å². The number of amides is 2. The monoisotopic (exact) mass is 440 g/mol. The maximum Gasteiger partial charge on any atom is 0.268 e. The number of rotatable bonds is 3. The summed E-state index contributed by atoms with van der Waals surface area (Å²) in [5.41, 5.74) is 3.99. The Hall–Kier alpha value is -1.98. The molecule has 0 radical (unpaired) electrons. The van der Waals surface area contributed by atoms with Gasteiger partial charge in [0.25, 0.3) is 5.91 Å². The van der Waals surface area contributed by atoms with E-state index >= 15 is 0 Å². The van der Waals surface area contributed by atoms with Crippen LogP contribution in [0.15, 0.2) is 42.5 Å². The number of carbonyl (C=O) groups is 2. The van der Waals surface area contributed by atoms with Crippen molar-refractivity contribution in [1.29, 1.82) is 0 Å². The van der Waals surface area contributed by atoms with Crippen molar-refractivity contribution < 1.29 is 9.59 Å². The van der Waals surface area contributed by atoms with Crippen LogP contribution in [-0.2, 0) is 21.0 Å². The van der Waals surface area contributed by atoms with Gasteiger partial charge < -0.3 is 9.80 Å². The van der Waals surface area contributed by atoms with E-state index in [1.54, 1.807) is 11.8 Å². The van der Waals surface area contributed by atoms with Gasteiger partial charge in [0.05, 0.1) is 12.2 Å². The van der Waals surface area contributed by atoms with Crippen LogP contribution in [0, 0.1) is 12.8 Å². The second kappa shape index (κ2) is 7.61. The van der Waals surface area contributed by atoms with E-state index < -0.39 is 4.87 Å². The molecular weight excluding hydrogens is 416 g/mol. The highest BCUT2D eigenvalue weighted by Crippen LogP contribution is 2.55. The third kappa shape index (κ3) is 3.05. The molecule has 1 saturated carbocycles. The lowest BCUT2D eigenvalue weighted by molar-refractivity contribution is -0.143. The number of hydrogen-bond acceptors (Lipinski definition) is 3. The van der Waals surface area contributed by atoms with Crippen molar-refractivity contribution in [1.82, 2.24) is 4.90 Å². The first-order chi connectivity index (χ1) is 14.5. The fraction of sp³-hybridized carbons (Fsp3) is 0.417. The molecule has 1 spiro atoms. The van der Waals surface area contributed by atoms with E-state index in [1.807, 2.05) is 28.0 Å². The summed E-state index contributed by atoms with van der Waals surface area (Å²) in [5.74, 6) is 0.916. The van der Waals surface area contributed by atoms with Crippen LogP contribution < -0.4 is 4.90 Å². The summed E-state index contributed by atoms with van der Waals surface area (Å²) in [6.45, 7) is 3.15. The number of aryl methyl sites for hydroxylation is 1. The van der Waals surface area contributed by atoms with Gasteiger partial charge in [0, 0.05) is 28.8 Å². The predicted molar refractivity (Wildman–Crippen MR) is 122 cm³/mol. The van der Waals surface area contributed by atoms with E-state index in [0.717, 1.165) is 48.3 Å². The van der Waals surface area contributed by atoms with Crippen molar-refractivity contribution >= 4 is 40.9 Å². The Bertz CT molecular complexity index is 1000. The fourth-order valence-corrected chi connectivity index (χ4v) is 6.67. The van der Waals surface area contributed by atoms with Gasteiger partial charge in [-0.1, -0.05) is 54.3 Å². The van der Waals surface area contributed by atoms with Crippen molar-refractivity contribution in [2.24, 2.45) is 5.92 Å². The Labute approximate surface area is 186 Å². The minimum absolute atomic E-state index is 0.0193. The number of thioether (sulfide) groups is 1. The Morgan fingerprint density at radius 2 is 1.90 bits per heavy atom. The molecule has 0 N–H and O–H groups in total. The van der Waals surface area contributed by atoms with Gasteiger partial charge in [0.15, 0.2) is 4.87 Å². The van der Waals surface area contributed by atoms with Crippen LogP contribution in [-0.4, -0.2) is 29.0 Å². The summed E-state index contributed by atoms with van der Waals surface area (Å²) < 4.78 is 0. The van der Waals surface area contributed by atoms with E-state index in [4.69, 9.17) is 11.6 Å². The average molecular weight is 441 g/mol. The number of benzene rings is 2. The molecule has 2 aromatic carbocycles. The maximum atomic E-state index is 14.0. The standard InChI is InChI=1S/C24H25ClN2O2S/c1-16-6-8-17(9-7-16)15-26-21-11-10-19(25)14-20(21)24(23(26)29)27(12-13-30-24)22(28)18-4-2-3-5-18/h6-11,14,18H,2-5,12-13,15H2,1H3/t24-/m0/s1. The van der Waals surface area contributed by atoms with Crippen LogP contribution >= 0.6 is 23.4 Å². The highest BCUT2D eigenvalue weighted by atomic mass is 35.5. The summed E-state index contributed by atoms with van der Waals surface area (Å²) in [7, 11) is 0. The second-order valence-electron chi connectivity index (χ2n) is 8.50. The zero-order chi connectivity index (χ0) is 20.9. The highest BCUT2D eigenvalue weighted by Gasteiger charge is 2.60. The van der Waals surface area contributed by atoms with Gasteiger partial charge in [0.2, 0.25) is 5.91 Å². The Morgan fingerprint density at radius 3 is 2.63 bits per heavy atom. The van der Waals surface area contributed by atoms with Crippen LogP contribution in [0.1, 0.15) is 42.4 Å². The molecule has 5 rings (SSSR count). The summed E-state index contributed by atoms with van der Waals surface area (Å²) in [6.07, 6.45) is 4.06. The normalized spacial score (nSPS) is 23.6. The molecule has 2 aromatic rings. The van der Waals surface area contributed by atoms with Crippen molar-refractivity contribution in [2.75, 3.05) is 17.2 Å². The summed E-state index contributed by atoms with van der Waals surface area (Å²) in [4.78, 5) is 30.1. The minimum atomic E-state index is -0.982. The summed E-state index contributed by atoms with van der Waals surface area (Å²) >= 11 is 7.95. The third-order valence-electron chi connectivity index (χ3n) is 6.59. The zero-order valence-electron chi connectivity index (χ0n) is 17.1. The molecule has 6 heteroatoms. The predicted octanol–water partition coefficient (Wildman–Crippen LogP) is 5.11. The number of halogens is 1. The third-order valence-corrected chi connectivity index (χ3v) is 8.24. The lowest BCUT2D eigenvalue weighted by Gasteiger charge is -2.35. The molecule has 30 heavy (non-hydrogen) atoms. The van der Waals surface area contributed by atoms with Gasteiger partial charge in [-0.05, 0) is 43.5 Å². The lowest BCUT2D eigenvalue weighted by atomic mass is 10.0. The van der Waals surface area contributed by atoms with Crippen molar-refractivity contribution in [3.8, 4) is 0 Å². The first kappa shape index (κ1) is 20.0. The molecule has 2 amide bonds. The highest BCUT2D eigenvalue weighted by molar-refractivity contribution is 8.01. The fourth-order valence-electron chi connectivity index (χ4n) is 5.03. The molecule has 4 nitrogen and oxygen atoms in total. The lowest BCUT2D eigenvalue weighted by Crippen LogP contribution is -2.51. The minimum Gasteiger partial charge on any atom is -0.315 e. The van der Waals surface area contributed by atoms with Crippen LogP contribution in [0.3, 0.4) is 0 Å². The molecule has 0 aromatic heterocycles. The molecule has 1 saturated heterocycles. The maximum absolute atomic E-state index is 14.0. The number of nitrogens with zero attached hydrogens (tertiary/aromatic N) is 2. The number of anilines is 1. The number of hydrogen-bond donors (Lipinski definition) is 0. The molecule has 0 unspecified atom stereocenters. The molecule has 2 aliphatic heterocycles. The van der Waals surface area contributed by atoms with Crippen LogP contribution in [0.4, 0.5) is 5.69 Å². The van der Waals surface area contributed by atoms with Gasteiger partial charge >= 0.3 is 0 Å². The quantitative estimate of drug-likeness (QED) is 0.665. The van der Waals surface area contributed by atoms with Gasteiger partial charge in [0.1, 0.15) is 0 Å². The SMILES string of the molecule is Cc1ccc(CN2C(=O)[C@@]3(SCCN3C(=O)C3CCCC3)c3cc(Cl)ccc32)cc1. The number of carbonyl (C=O) groups excluding carboxylic acids is 2. The average Bonchev–Trinajstić information content (AvgIpc) is 3.47. The summed E-state index contributed by atoms with van der Waals surface area (Å²) in [5, 5.41) is 0.596. The molecule has 1 atom stereocenters. The van der Waals surface area contributed by atoms with Crippen LogP contribution in [0.5, 0.6) is 0 Å². The van der Waals surface area contributed by atoms with Crippen molar-refractivity contribution in [3.05, 3.63) is 64.2 Å². The van der Waals surface area contributed by atoms with Gasteiger partial charge in [-0.15, -0.1) is 11.8 Å². The Morgan fingerprint density at radius 1 is 1.17 bits per heavy atom. The molecule has 156 valence electrons. The van der Waals surface area contributed by atoms with E-state index in [-0.39, 0.29) is 17.7 Å². The zero-order valence-corrected chi connectivity index (χ0v) is 18.6. The Balaban J connectivity index is 1.56. The Kier molecular flexibility index (Phi) is 5.06. The molecule has 1 aliphatic carbocycles. The summed E-state index contributed by atoms with van der Waals surface area (Å²) in [6, 6.07) is 13.9. The van der Waals surface area contributed by atoms with Crippen LogP contribution in [0.25, 0.3) is 0 Å². The van der Waals surface area contributed by atoms with Gasteiger partial charge in [-0.3, -0.25) is 9.59 Å². The van der Waals surface area contributed by atoms with Crippen molar-refractivity contribution in [2.45, 2.75) is 44.0 Å². The first-order valence-corrected chi connectivity index (χ1v) is 12.0. The molecule has 3 aliphatic rings. The topological polar surface area (TPSA) is 40.6 Å². The van der Waals surface area contributed by atoms with E-state index in [9.17, 15) is 9.59 Å². The van der Waals surface area contributed by atoms with E-state index in [2.05, 4.69) is 31.2 Å². The molecule has 2 heterocycles.